The molecule has 0 aromatic heterocycles. The second kappa shape index (κ2) is 8.97. The van der Waals surface area contributed by atoms with E-state index in [-0.39, 0.29) is 5.91 Å². The number of piperidine rings is 1. The fourth-order valence-electron chi connectivity index (χ4n) is 5.26. The molecule has 2 aliphatic heterocycles. The number of anilines is 1. The summed E-state index contributed by atoms with van der Waals surface area (Å²) in [5.41, 5.74) is 1.85. The number of hydrogen-bond acceptors (Lipinski definition) is 4. The molecule has 1 saturated heterocycles. The molecule has 1 aromatic carbocycles. The second-order valence-electron chi connectivity index (χ2n) is 9.26. The maximum Gasteiger partial charge on any atom is 0.243 e. The number of hydrogen-bond donors (Lipinski definition) is 0. The van der Waals surface area contributed by atoms with Gasteiger partial charge in [0.25, 0.3) is 0 Å². The molecule has 4 rings (SSSR count). The average Bonchev–Trinajstić information content (AvgIpc) is 3.41. The molecule has 0 bridgehead atoms. The summed E-state index contributed by atoms with van der Waals surface area (Å²) < 4.78 is 27.6. The van der Waals surface area contributed by atoms with Gasteiger partial charge in [0.2, 0.25) is 15.9 Å². The molecule has 1 aliphatic carbocycles. The van der Waals surface area contributed by atoms with Crippen LogP contribution in [-0.2, 0) is 21.2 Å². The minimum absolute atomic E-state index is 0.126. The van der Waals surface area contributed by atoms with Crippen molar-refractivity contribution in [2.75, 3.05) is 31.1 Å². The molecule has 1 amide bonds. The first kappa shape index (κ1) is 21.8. The van der Waals surface area contributed by atoms with Crippen LogP contribution in [0.4, 0.5) is 5.69 Å². The Balaban J connectivity index is 1.49. The lowest BCUT2D eigenvalue weighted by Crippen LogP contribution is -2.46. The number of rotatable bonds is 6. The number of benzene rings is 1. The quantitative estimate of drug-likeness (QED) is 0.690. The largest absolute Gasteiger partial charge is 0.311 e. The second-order valence-corrected chi connectivity index (χ2v) is 11.2. The minimum Gasteiger partial charge on any atom is -0.311 e. The van der Waals surface area contributed by atoms with Crippen molar-refractivity contribution in [1.29, 1.82) is 0 Å². The molecule has 0 N–H and O–H groups in total. The third-order valence-electron chi connectivity index (χ3n) is 6.98. The Labute approximate surface area is 181 Å². The Bertz CT molecular complexity index is 872. The van der Waals surface area contributed by atoms with Gasteiger partial charge in [-0.1, -0.05) is 19.3 Å². The first-order valence-electron chi connectivity index (χ1n) is 11.6. The van der Waals surface area contributed by atoms with Gasteiger partial charge in [-0.05, 0) is 69.7 Å². The maximum absolute atomic E-state index is 13.2. The van der Waals surface area contributed by atoms with E-state index in [2.05, 4.69) is 18.7 Å². The molecule has 6 nitrogen and oxygen atoms in total. The number of fused-ring (bicyclic) bond motifs is 1. The minimum atomic E-state index is -3.44. The van der Waals surface area contributed by atoms with Crippen molar-refractivity contribution < 1.29 is 13.2 Å². The van der Waals surface area contributed by atoms with Crippen LogP contribution in [0.1, 0.15) is 64.4 Å². The van der Waals surface area contributed by atoms with Crippen molar-refractivity contribution in [3.05, 3.63) is 23.8 Å². The molecule has 0 spiro atoms. The average molecular weight is 434 g/mol. The zero-order chi connectivity index (χ0) is 21.3. The van der Waals surface area contributed by atoms with Crippen LogP contribution in [0.15, 0.2) is 23.1 Å². The molecule has 166 valence electrons. The number of amides is 1. The summed E-state index contributed by atoms with van der Waals surface area (Å²) >= 11 is 0. The van der Waals surface area contributed by atoms with Gasteiger partial charge >= 0.3 is 0 Å². The molecule has 1 aromatic rings. The highest BCUT2D eigenvalue weighted by Crippen LogP contribution is 2.32. The van der Waals surface area contributed by atoms with Crippen LogP contribution in [0.25, 0.3) is 0 Å². The molecule has 2 heterocycles. The Morgan fingerprint density at radius 1 is 1.07 bits per heavy atom. The van der Waals surface area contributed by atoms with Crippen LogP contribution in [0.3, 0.4) is 0 Å². The summed E-state index contributed by atoms with van der Waals surface area (Å²) in [6, 6.07) is 6.17. The molecule has 0 radical (unpaired) electrons. The SMILES string of the molecule is CC(C)N(CC(=O)N1CCc2cc(S(=O)(=O)N3CCCCC3)ccc21)C1CCCC1. The van der Waals surface area contributed by atoms with Gasteiger partial charge in [0.1, 0.15) is 0 Å². The summed E-state index contributed by atoms with van der Waals surface area (Å²) in [4.78, 5) is 17.7. The molecular weight excluding hydrogens is 398 g/mol. The summed E-state index contributed by atoms with van der Waals surface area (Å²) in [7, 11) is -3.44. The van der Waals surface area contributed by atoms with Gasteiger partial charge in [-0.3, -0.25) is 9.69 Å². The van der Waals surface area contributed by atoms with Crippen LogP contribution < -0.4 is 4.90 Å². The number of carbonyl (C=O) groups excluding carboxylic acids is 1. The third kappa shape index (κ3) is 4.30. The van der Waals surface area contributed by atoms with Gasteiger partial charge in [0, 0.05) is 37.4 Å². The van der Waals surface area contributed by atoms with Crippen LogP contribution in [-0.4, -0.2) is 61.8 Å². The Morgan fingerprint density at radius 2 is 1.77 bits per heavy atom. The fourth-order valence-corrected chi connectivity index (χ4v) is 6.83. The molecular formula is C23H35N3O3S. The summed E-state index contributed by atoms with van der Waals surface area (Å²) in [6.07, 6.45) is 8.54. The van der Waals surface area contributed by atoms with Crippen LogP contribution in [0, 0.1) is 0 Å². The Kier molecular flexibility index (Phi) is 6.51. The highest BCUT2D eigenvalue weighted by molar-refractivity contribution is 7.89. The van der Waals surface area contributed by atoms with E-state index in [0.29, 0.717) is 43.2 Å². The topological polar surface area (TPSA) is 60.9 Å². The van der Waals surface area contributed by atoms with E-state index >= 15 is 0 Å². The van der Waals surface area contributed by atoms with Crippen molar-refractivity contribution in [2.45, 2.75) is 82.2 Å². The number of nitrogens with zero attached hydrogens (tertiary/aromatic N) is 3. The molecule has 3 aliphatic rings. The standard InChI is InChI=1S/C23H35N3O3S/c1-18(2)26(20-8-4-5-9-20)17-23(27)25-15-12-19-16-21(10-11-22(19)25)30(28,29)24-13-6-3-7-14-24/h10-11,16,18,20H,3-9,12-15,17H2,1-2H3. The van der Waals surface area contributed by atoms with Gasteiger partial charge < -0.3 is 4.90 Å². The maximum atomic E-state index is 13.2. The van der Waals surface area contributed by atoms with Crippen molar-refractivity contribution in [1.82, 2.24) is 9.21 Å². The lowest BCUT2D eigenvalue weighted by atomic mass is 10.1. The van der Waals surface area contributed by atoms with Gasteiger partial charge in [0.15, 0.2) is 0 Å². The lowest BCUT2D eigenvalue weighted by molar-refractivity contribution is -0.120. The molecule has 2 fully saturated rings. The smallest absolute Gasteiger partial charge is 0.243 e. The molecule has 1 saturated carbocycles. The lowest BCUT2D eigenvalue weighted by Gasteiger charge is -2.33. The third-order valence-corrected chi connectivity index (χ3v) is 8.87. The fraction of sp³-hybridized carbons (Fsp3) is 0.696. The van der Waals surface area contributed by atoms with E-state index < -0.39 is 10.0 Å². The van der Waals surface area contributed by atoms with E-state index in [1.807, 2.05) is 11.0 Å². The van der Waals surface area contributed by atoms with E-state index in [4.69, 9.17) is 0 Å². The monoisotopic (exact) mass is 433 g/mol. The molecule has 30 heavy (non-hydrogen) atoms. The summed E-state index contributed by atoms with van der Waals surface area (Å²) in [5, 5.41) is 0. The van der Waals surface area contributed by atoms with E-state index in [9.17, 15) is 13.2 Å². The first-order chi connectivity index (χ1) is 14.4. The highest BCUT2D eigenvalue weighted by Gasteiger charge is 2.32. The number of carbonyl (C=O) groups is 1. The van der Waals surface area contributed by atoms with Gasteiger partial charge in [-0.25, -0.2) is 8.42 Å². The molecule has 0 atom stereocenters. The molecule has 7 heteroatoms. The van der Waals surface area contributed by atoms with Gasteiger partial charge in [0.05, 0.1) is 11.4 Å². The van der Waals surface area contributed by atoms with E-state index in [0.717, 1.165) is 36.9 Å². The van der Waals surface area contributed by atoms with E-state index in [1.54, 1.807) is 16.4 Å². The van der Waals surface area contributed by atoms with Gasteiger partial charge in [-0.2, -0.15) is 4.31 Å². The summed E-state index contributed by atoms with van der Waals surface area (Å²) in [5.74, 6) is 0.126. The Morgan fingerprint density at radius 3 is 2.43 bits per heavy atom. The van der Waals surface area contributed by atoms with Crippen molar-refractivity contribution in [3.63, 3.8) is 0 Å². The van der Waals surface area contributed by atoms with Crippen molar-refractivity contribution in [3.8, 4) is 0 Å². The number of sulfonamides is 1. The zero-order valence-corrected chi connectivity index (χ0v) is 19.2. The van der Waals surface area contributed by atoms with E-state index in [1.165, 1.54) is 25.7 Å². The van der Waals surface area contributed by atoms with Crippen molar-refractivity contribution in [2.24, 2.45) is 0 Å². The van der Waals surface area contributed by atoms with Crippen LogP contribution in [0.2, 0.25) is 0 Å². The normalized spacial score (nSPS) is 21.0. The summed E-state index contributed by atoms with van der Waals surface area (Å²) in [6.45, 7) is 6.63. The molecule has 0 unspecified atom stereocenters. The first-order valence-corrected chi connectivity index (χ1v) is 13.0. The van der Waals surface area contributed by atoms with Crippen LogP contribution >= 0.6 is 0 Å². The Hall–Kier alpha value is -1.44. The van der Waals surface area contributed by atoms with Gasteiger partial charge in [-0.15, -0.1) is 0 Å². The zero-order valence-electron chi connectivity index (χ0n) is 18.3. The van der Waals surface area contributed by atoms with Crippen LogP contribution in [0.5, 0.6) is 0 Å². The van der Waals surface area contributed by atoms with Crippen molar-refractivity contribution >= 4 is 21.6 Å². The predicted octanol–water partition coefficient (Wildman–Crippen LogP) is 3.40. The highest BCUT2D eigenvalue weighted by atomic mass is 32.2. The predicted molar refractivity (Wildman–Crippen MR) is 119 cm³/mol.